The molecule has 2 heterocycles. The lowest BCUT2D eigenvalue weighted by atomic mass is 10.0. The van der Waals surface area contributed by atoms with Crippen molar-refractivity contribution in [3.63, 3.8) is 0 Å². The van der Waals surface area contributed by atoms with Crippen molar-refractivity contribution in [2.75, 3.05) is 0 Å². The molecule has 1 amide bonds. The number of hydrogen-bond donors (Lipinski definition) is 1. The van der Waals surface area contributed by atoms with Crippen LogP contribution in [0.4, 0.5) is 4.39 Å². The van der Waals surface area contributed by atoms with E-state index in [-0.39, 0.29) is 29.0 Å². The first kappa shape index (κ1) is 18.4. The van der Waals surface area contributed by atoms with Crippen LogP contribution in [0, 0.1) is 12.7 Å². The number of nitrogens with one attached hydrogen (secondary N) is 1. The Bertz CT molecular complexity index is 845. The van der Waals surface area contributed by atoms with Gasteiger partial charge < -0.3 is 10.2 Å². The number of benzene rings is 1. The molecule has 2 unspecified atom stereocenters. The van der Waals surface area contributed by atoms with E-state index in [2.05, 4.69) is 15.6 Å². The Labute approximate surface area is 156 Å². The summed E-state index contributed by atoms with van der Waals surface area (Å²) >= 11 is 6.05. The van der Waals surface area contributed by atoms with Crippen LogP contribution in [0.5, 0.6) is 0 Å². The lowest BCUT2D eigenvalue weighted by Gasteiger charge is -2.15. The zero-order valence-corrected chi connectivity index (χ0v) is 15.5. The highest BCUT2D eigenvalue weighted by Gasteiger charge is 2.32. The molecule has 1 aromatic carbocycles. The number of nitrogens with zero attached hydrogens (tertiary/aromatic N) is 3. The number of hydrogen-bond acceptors (Lipinski definition) is 4. The van der Waals surface area contributed by atoms with Gasteiger partial charge in [0.2, 0.25) is 6.10 Å². The van der Waals surface area contributed by atoms with E-state index in [1.807, 2.05) is 31.6 Å². The summed E-state index contributed by atoms with van der Waals surface area (Å²) in [4.78, 5) is 17.7. The van der Waals surface area contributed by atoms with Crippen LogP contribution in [0.3, 0.4) is 0 Å². The minimum absolute atomic E-state index is 0.159. The van der Waals surface area contributed by atoms with Crippen molar-refractivity contribution in [1.29, 1.82) is 0 Å². The average Bonchev–Trinajstić information content (AvgIpc) is 3.21. The molecule has 26 heavy (non-hydrogen) atoms. The van der Waals surface area contributed by atoms with Crippen LogP contribution >= 0.6 is 11.6 Å². The monoisotopic (exact) mass is 378 g/mol. The van der Waals surface area contributed by atoms with Crippen molar-refractivity contribution in [1.82, 2.24) is 15.1 Å². The maximum absolute atomic E-state index is 14.0. The van der Waals surface area contributed by atoms with Crippen molar-refractivity contribution in [2.24, 2.45) is 5.16 Å². The van der Waals surface area contributed by atoms with E-state index in [9.17, 15) is 9.18 Å². The zero-order valence-electron chi connectivity index (χ0n) is 14.8. The van der Waals surface area contributed by atoms with E-state index in [1.165, 1.54) is 12.1 Å². The lowest BCUT2D eigenvalue weighted by Crippen LogP contribution is -2.36. The molecule has 0 bridgehead atoms. The third-order valence-electron chi connectivity index (χ3n) is 4.35. The van der Waals surface area contributed by atoms with Gasteiger partial charge in [-0.15, -0.1) is 0 Å². The molecule has 138 valence electrons. The number of carbonyl (C=O) groups is 1. The van der Waals surface area contributed by atoms with Crippen molar-refractivity contribution < 1.29 is 14.0 Å². The third-order valence-corrected chi connectivity index (χ3v) is 4.66. The molecule has 0 saturated carbocycles. The molecule has 6 nitrogen and oxygen atoms in total. The number of oxime groups is 1. The highest BCUT2D eigenvalue weighted by atomic mass is 35.5. The van der Waals surface area contributed by atoms with E-state index in [4.69, 9.17) is 16.4 Å². The second-order valence-electron chi connectivity index (χ2n) is 6.19. The molecule has 0 aliphatic carbocycles. The number of aryl methyl sites for hydroxylation is 2. The summed E-state index contributed by atoms with van der Waals surface area (Å²) in [6.45, 7) is 6.54. The Morgan fingerprint density at radius 1 is 1.54 bits per heavy atom. The van der Waals surface area contributed by atoms with E-state index in [1.54, 1.807) is 6.07 Å². The maximum Gasteiger partial charge on any atom is 0.264 e. The summed E-state index contributed by atoms with van der Waals surface area (Å²) in [6.07, 6.45) is 1.26. The van der Waals surface area contributed by atoms with Gasteiger partial charge in [-0.3, -0.25) is 9.48 Å². The molecular formula is C18H20ClFN4O2. The average molecular weight is 379 g/mol. The molecule has 0 radical (unpaired) electrons. The number of aromatic nitrogens is 2. The van der Waals surface area contributed by atoms with Crippen LogP contribution < -0.4 is 5.32 Å². The van der Waals surface area contributed by atoms with Gasteiger partial charge in [-0.2, -0.15) is 5.10 Å². The van der Waals surface area contributed by atoms with E-state index >= 15 is 0 Å². The minimum Gasteiger partial charge on any atom is -0.382 e. The Kier molecular flexibility index (Phi) is 5.27. The Hall–Kier alpha value is -2.41. The summed E-state index contributed by atoms with van der Waals surface area (Å²) in [5.41, 5.74) is 2.31. The van der Waals surface area contributed by atoms with Gasteiger partial charge in [-0.05, 0) is 32.9 Å². The topological polar surface area (TPSA) is 68.5 Å². The van der Waals surface area contributed by atoms with E-state index in [0.717, 1.165) is 17.8 Å². The standard InChI is InChI=1S/C18H20ClFN4O2/c1-4-24-9-12(11(3)22-24)10(2)21-18(25)16-8-15(23-26-16)17-13(19)6-5-7-14(17)20/h5-7,9-10,16H,4,8H2,1-3H3,(H,21,25). The smallest absolute Gasteiger partial charge is 0.264 e. The molecule has 3 rings (SSSR count). The van der Waals surface area contributed by atoms with Gasteiger partial charge >= 0.3 is 0 Å². The molecule has 1 aromatic heterocycles. The van der Waals surface area contributed by atoms with Gasteiger partial charge in [0.15, 0.2) is 0 Å². The molecule has 2 atom stereocenters. The fourth-order valence-electron chi connectivity index (χ4n) is 2.94. The molecule has 0 saturated heterocycles. The normalized spacial score (nSPS) is 17.6. The summed E-state index contributed by atoms with van der Waals surface area (Å²) in [6, 6.07) is 4.16. The van der Waals surface area contributed by atoms with Crippen molar-refractivity contribution in [3.05, 3.63) is 52.1 Å². The first-order valence-electron chi connectivity index (χ1n) is 8.42. The minimum atomic E-state index is -0.815. The van der Waals surface area contributed by atoms with Crippen LogP contribution in [0.15, 0.2) is 29.6 Å². The van der Waals surface area contributed by atoms with Crippen molar-refractivity contribution in [3.8, 4) is 0 Å². The number of amides is 1. The van der Waals surface area contributed by atoms with E-state index < -0.39 is 11.9 Å². The quantitative estimate of drug-likeness (QED) is 0.867. The molecule has 1 aliphatic rings. The molecular weight excluding hydrogens is 359 g/mol. The Morgan fingerprint density at radius 2 is 2.31 bits per heavy atom. The molecule has 1 N–H and O–H groups in total. The summed E-state index contributed by atoms with van der Waals surface area (Å²) in [5, 5.41) is 11.4. The Balaban J connectivity index is 1.66. The summed E-state index contributed by atoms with van der Waals surface area (Å²) < 4.78 is 15.8. The predicted octanol–water partition coefficient (Wildman–Crippen LogP) is 3.37. The highest BCUT2D eigenvalue weighted by Crippen LogP contribution is 2.26. The largest absolute Gasteiger partial charge is 0.382 e. The van der Waals surface area contributed by atoms with Crippen LogP contribution in [0.1, 0.15) is 43.1 Å². The predicted molar refractivity (Wildman–Crippen MR) is 96.6 cm³/mol. The number of halogens is 2. The summed E-state index contributed by atoms with van der Waals surface area (Å²) in [5.74, 6) is -0.802. The molecule has 0 fully saturated rings. The van der Waals surface area contributed by atoms with Crippen LogP contribution in [-0.4, -0.2) is 27.5 Å². The van der Waals surface area contributed by atoms with Gasteiger partial charge in [-0.25, -0.2) is 4.39 Å². The van der Waals surface area contributed by atoms with Gasteiger partial charge in [0, 0.05) is 24.7 Å². The fourth-order valence-corrected chi connectivity index (χ4v) is 3.22. The third kappa shape index (κ3) is 3.58. The SMILES string of the molecule is CCn1cc(C(C)NC(=O)C2CC(c3c(F)cccc3Cl)=NO2)c(C)n1. The maximum atomic E-state index is 14.0. The molecule has 1 aliphatic heterocycles. The van der Waals surface area contributed by atoms with Gasteiger partial charge in [-0.1, -0.05) is 22.8 Å². The zero-order chi connectivity index (χ0) is 18.8. The lowest BCUT2D eigenvalue weighted by molar-refractivity contribution is -0.131. The fraction of sp³-hybridized carbons (Fsp3) is 0.389. The molecule has 0 spiro atoms. The number of carbonyl (C=O) groups excluding carboxylic acids is 1. The molecule has 2 aromatic rings. The highest BCUT2D eigenvalue weighted by molar-refractivity contribution is 6.34. The first-order valence-corrected chi connectivity index (χ1v) is 8.79. The van der Waals surface area contributed by atoms with E-state index in [0.29, 0.717) is 5.71 Å². The molecule has 8 heteroatoms. The van der Waals surface area contributed by atoms with Crippen LogP contribution in [0.2, 0.25) is 5.02 Å². The van der Waals surface area contributed by atoms with Crippen molar-refractivity contribution >= 4 is 23.2 Å². The van der Waals surface area contributed by atoms with Gasteiger partial charge in [0.25, 0.3) is 5.91 Å². The van der Waals surface area contributed by atoms with Crippen LogP contribution in [0.25, 0.3) is 0 Å². The second kappa shape index (κ2) is 7.45. The Morgan fingerprint density at radius 3 is 2.96 bits per heavy atom. The van der Waals surface area contributed by atoms with Gasteiger partial charge in [0.05, 0.1) is 28.0 Å². The number of rotatable bonds is 5. The van der Waals surface area contributed by atoms with Crippen molar-refractivity contribution in [2.45, 2.75) is 45.9 Å². The first-order chi connectivity index (χ1) is 12.4. The van der Waals surface area contributed by atoms with Crippen LogP contribution in [-0.2, 0) is 16.2 Å². The second-order valence-corrected chi connectivity index (χ2v) is 6.60. The summed E-state index contributed by atoms with van der Waals surface area (Å²) in [7, 11) is 0. The van der Waals surface area contributed by atoms with Gasteiger partial charge in [0.1, 0.15) is 5.82 Å².